The van der Waals surface area contributed by atoms with E-state index in [9.17, 15) is 18.0 Å². The number of halogens is 3. The number of carbonyl (C=O) groups is 1. The fourth-order valence-electron chi connectivity index (χ4n) is 1.91. The van der Waals surface area contributed by atoms with Crippen molar-refractivity contribution in [3.05, 3.63) is 48.0 Å². The molecule has 122 valence electrons. The molecule has 0 aliphatic heterocycles. The van der Waals surface area contributed by atoms with Gasteiger partial charge in [-0.15, -0.1) is 0 Å². The zero-order valence-electron chi connectivity index (χ0n) is 12.5. The van der Waals surface area contributed by atoms with Crippen molar-refractivity contribution in [2.45, 2.75) is 13.1 Å². The van der Waals surface area contributed by atoms with E-state index in [0.29, 0.717) is 18.0 Å². The van der Waals surface area contributed by atoms with Crippen LogP contribution in [0.4, 0.5) is 18.9 Å². The van der Waals surface area contributed by atoms with Crippen molar-refractivity contribution in [3.63, 3.8) is 0 Å². The highest BCUT2D eigenvalue weighted by molar-refractivity contribution is 6.06. The number of pyridine rings is 2. The van der Waals surface area contributed by atoms with Crippen molar-refractivity contribution < 1.29 is 22.7 Å². The van der Waals surface area contributed by atoms with Gasteiger partial charge in [-0.1, -0.05) is 0 Å². The number of amides is 1. The Morgan fingerprint density at radius 3 is 2.57 bits per heavy atom. The van der Waals surface area contributed by atoms with Crippen molar-refractivity contribution in [1.82, 2.24) is 9.97 Å². The lowest BCUT2D eigenvalue weighted by Crippen LogP contribution is -2.27. The van der Waals surface area contributed by atoms with Gasteiger partial charge >= 0.3 is 6.18 Å². The molecule has 2 rings (SSSR count). The van der Waals surface area contributed by atoms with Gasteiger partial charge in [-0.2, -0.15) is 13.2 Å². The topological polar surface area (TPSA) is 55.3 Å². The molecule has 1 amide bonds. The average Bonchev–Trinajstić information content (AvgIpc) is 2.54. The number of anilines is 1. The SMILES string of the molecule is CCOc1cnccc1N(C)C(=O)c1ccc(C(F)(F)F)nc1. The molecule has 0 aliphatic rings. The lowest BCUT2D eigenvalue weighted by Gasteiger charge is -2.20. The van der Waals surface area contributed by atoms with E-state index in [1.54, 1.807) is 13.0 Å². The van der Waals surface area contributed by atoms with Crippen LogP contribution < -0.4 is 9.64 Å². The molecule has 8 heteroatoms. The zero-order valence-corrected chi connectivity index (χ0v) is 12.5. The quantitative estimate of drug-likeness (QED) is 0.866. The third-order valence-corrected chi connectivity index (χ3v) is 3.03. The van der Waals surface area contributed by atoms with E-state index >= 15 is 0 Å². The van der Waals surface area contributed by atoms with E-state index in [1.165, 1.54) is 24.3 Å². The summed E-state index contributed by atoms with van der Waals surface area (Å²) < 4.78 is 42.9. The molecule has 0 aromatic carbocycles. The number of nitrogens with zero attached hydrogens (tertiary/aromatic N) is 3. The third kappa shape index (κ3) is 3.77. The van der Waals surface area contributed by atoms with Crippen LogP contribution in [-0.2, 0) is 6.18 Å². The summed E-state index contributed by atoms with van der Waals surface area (Å²) in [5.41, 5.74) is -0.540. The molecule has 2 aromatic heterocycles. The van der Waals surface area contributed by atoms with Gasteiger partial charge in [0, 0.05) is 19.4 Å². The predicted molar refractivity (Wildman–Crippen MR) is 77.4 cm³/mol. The maximum absolute atomic E-state index is 12.5. The fourth-order valence-corrected chi connectivity index (χ4v) is 1.91. The van der Waals surface area contributed by atoms with E-state index in [1.807, 2.05) is 0 Å². The Morgan fingerprint density at radius 2 is 2.00 bits per heavy atom. The van der Waals surface area contributed by atoms with Crippen LogP contribution in [0.1, 0.15) is 23.0 Å². The van der Waals surface area contributed by atoms with Crippen LogP contribution in [0.3, 0.4) is 0 Å². The van der Waals surface area contributed by atoms with Crippen LogP contribution in [-0.4, -0.2) is 29.5 Å². The third-order valence-electron chi connectivity index (χ3n) is 3.03. The molecular weight excluding hydrogens is 311 g/mol. The highest BCUT2D eigenvalue weighted by atomic mass is 19.4. The van der Waals surface area contributed by atoms with Crippen LogP contribution in [0, 0.1) is 0 Å². The Kier molecular flexibility index (Phi) is 4.83. The number of hydrogen-bond acceptors (Lipinski definition) is 4. The number of aromatic nitrogens is 2. The number of rotatable bonds is 4. The van der Waals surface area contributed by atoms with Gasteiger partial charge in [0.2, 0.25) is 0 Å². The van der Waals surface area contributed by atoms with Gasteiger partial charge in [0.05, 0.1) is 24.1 Å². The van der Waals surface area contributed by atoms with Crippen LogP contribution in [0.25, 0.3) is 0 Å². The first kappa shape index (κ1) is 16.7. The lowest BCUT2D eigenvalue weighted by atomic mass is 10.2. The molecule has 0 fully saturated rings. The van der Waals surface area contributed by atoms with Crippen molar-refractivity contribution in [3.8, 4) is 5.75 Å². The largest absolute Gasteiger partial charge is 0.490 e. The van der Waals surface area contributed by atoms with Gasteiger partial charge < -0.3 is 9.64 Å². The van der Waals surface area contributed by atoms with Gasteiger partial charge in [-0.3, -0.25) is 14.8 Å². The minimum Gasteiger partial charge on any atom is -0.490 e. The summed E-state index contributed by atoms with van der Waals surface area (Å²) in [6, 6.07) is 3.45. The Morgan fingerprint density at radius 1 is 1.26 bits per heavy atom. The molecule has 0 radical (unpaired) electrons. The molecule has 23 heavy (non-hydrogen) atoms. The molecule has 5 nitrogen and oxygen atoms in total. The molecule has 0 unspecified atom stereocenters. The second kappa shape index (κ2) is 6.64. The fraction of sp³-hybridized carbons (Fsp3) is 0.267. The predicted octanol–water partition coefficient (Wildman–Crippen LogP) is 3.17. The summed E-state index contributed by atoms with van der Waals surface area (Å²) in [7, 11) is 1.50. The van der Waals surface area contributed by atoms with Gasteiger partial charge in [0.15, 0.2) is 5.75 Å². The maximum atomic E-state index is 12.5. The van der Waals surface area contributed by atoms with Crippen LogP contribution in [0.2, 0.25) is 0 Å². The monoisotopic (exact) mass is 325 g/mol. The summed E-state index contributed by atoms with van der Waals surface area (Å²) >= 11 is 0. The normalized spacial score (nSPS) is 11.2. The number of carbonyl (C=O) groups excluding carboxylic acids is 1. The molecule has 0 saturated heterocycles. The summed E-state index contributed by atoms with van der Waals surface area (Å²) in [6.45, 7) is 2.18. The van der Waals surface area contributed by atoms with Gasteiger partial charge in [-0.25, -0.2) is 0 Å². The minimum atomic E-state index is -4.54. The van der Waals surface area contributed by atoms with Crippen LogP contribution in [0.5, 0.6) is 5.75 Å². The molecular formula is C15H14F3N3O2. The summed E-state index contributed by atoms with van der Waals surface area (Å²) in [4.78, 5) is 20.9. The number of alkyl halides is 3. The van der Waals surface area contributed by atoms with E-state index < -0.39 is 17.8 Å². The maximum Gasteiger partial charge on any atom is 0.433 e. The van der Waals surface area contributed by atoms with Crippen molar-refractivity contribution in [2.75, 3.05) is 18.6 Å². The molecule has 0 bridgehead atoms. The average molecular weight is 325 g/mol. The number of hydrogen-bond donors (Lipinski definition) is 0. The molecule has 0 N–H and O–H groups in total. The minimum absolute atomic E-state index is 0.0414. The van der Waals surface area contributed by atoms with Crippen molar-refractivity contribution >= 4 is 11.6 Å². The molecule has 0 saturated carbocycles. The van der Waals surface area contributed by atoms with Gasteiger partial charge in [0.25, 0.3) is 5.91 Å². The highest BCUT2D eigenvalue weighted by Crippen LogP contribution is 2.29. The van der Waals surface area contributed by atoms with E-state index in [-0.39, 0.29) is 5.56 Å². The first-order chi connectivity index (χ1) is 10.8. The van der Waals surface area contributed by atoms with Crippen LogP contribution >= 0.6 is 0 Å². The second-order valence-electron chi connectivity index (χ2n) is 4.57. The molecule has 0 spiro atoms. The summed E-state index contributed by atoms with van der Waals surface area (Å²) in [5, 5.41) is 0. The second-order valence-corrected chi connectivity index (χ2v) is 4.57. The van der Waals surface area contributed by atoms with Crippen molar-refractivity contribution in [1.29, 1.82) is 0 Å². The number of ether oxygens (including phenoxy) is 1. The van der Waals surface area contributed by atoms with Crippen LogP contribution in [0.15, 0.2) is 36.8 Å². The Hall–Kier alpha value is -2.64. The first-order valence-electron chi connectivity index (χ1n) is 6.72. The van der Waals surface area contributed by atoms with Crippen molar-refractivity contribution in [2.24, 2.45) is 0 Å². The standard InChI is InChI=1S/C15H14F3N3O2/c1-3-23-12-9-19-7-6-11(12)21(2)14(22)10-4-5-13(20-8-10)15(16,17)18/h4-9H,3H2,1-2H3. The first-order valence-corrected chi connectivity index (χ1v) is 6.72. The smallest absolute Gasteiger partial charge is 0.433 e. The van der Waals surface area contributed by atoms with E-state index in [4.69, 9.17) is 4.74 Å². The summed E-state index contributed by atoms with van der Waals surface area (Å²) in [6.07, 6.45) is -0.676. The zero-order chi connectivity index (χ0) is 17.0. The van der Waals surface area contributed by atoms with E-state index in [0.717, 1.165) is 18.3 Å². The van der Waals surface area contributed by atoms with E-state index in [2.05, 4.69) is 9.97 Å². The highest BCUT2D eigenvalue weighted by Gasteiger charge is 2.32. The lowest BCUT2D eigenvalue weighted by molar-refractivity contribution is -0.141. The Bertz CT molecular complexity index is 687. The molecule has 2 aromatic rings. The molecule has 0 atom stereocenters. The molecule has 2 heterocycles. The summed E-state index contributed by atoms with van der Waals surface area (Å²) in [5.74, 6) is -0.0934. The Balaban J connectivity index is 2.26. The van der Waals surface area contributed by atoms with Gasteiger partial charge in [-0.05, 0) is 25.1 Å². The Labute approximate surface area is 130 Å². The van der Waals surface area contributed by atoms with Gasteiger partial charge in [0.1, 0.15) is 5.69 Å². The molecule has 0 aliphatic carbocycles.